The van der Waals surface area contributed by atoms with E-state index in [9.17, 15) is 9.90 Å². The molecule has 0 bridgehead atoms. The number of ether oxygens (including phenoxy) is 1. The number of phenolic OH excluding ortho intramolecular Hbond substituents is 1. The molecule has 4 nitrogen and oxygen atoms in total. The number of nitrogens with zero attached hydrogens (tertiary/aromatic N) is 1. The van der Waals surface area contributed by atoms with E-state index in [1.54, 1.807) is 17.0 Å². The molecule has 118 valence electrons. The molecule has 0 saturated carbocycles. The number of rotatable bonds is 0. The van der Waals surface area contributed by atoms with Crippen LogP contribution in [0.3, 0.4) is 0 Å². The Labute approximate surface area is 135 Å². The number of hydrogen-bond acceptors (Lipinski definition) is 3. The molecule has 1 amide bonds. The van der Waals surface area contributed by atoms with E-state index in [4.69, 9.17) is 4.74 Å². The van der Waals surface area contributed by atoms with E-state index in [2.05, 4.69) is 15.9 Å². The lowest BCUT2D eigenvalue weighted by Crippen LogP contribution is -2.40. The summed E-state index contributed by atoms with van der Waals surface area (Å²) < 4.78 is 6.28. The molecule has 0 aliphatic carbocycles. The van der Waals surface area contributed by atoms with Crippen LogP contribution in [0.15, 0.2) is 16.6 Å². The van der Waals surface area contributed by atoms with Gasteiger partial charge in [-0.25, -0.2) is 4.79 Å². The van der Waals surface area contributed by atoms with Gasteiger partial charge in [-0.3, -0.25) is 0 Å². The average Bonchev–Trinajstić information content (AvgIpc) is 2.43. The second-order valence-corrected chi connectivity index (χ2v) is 6.53. The van der Waals surface area contributed by atoms with Gasteiger partial charge in [0.2, 0.25) is 0 Å². The Morgan fingerprint density at radius 3 is 2.48 bits per heavy atom. The first kappa shape index (κ1) is 17.8. The predicted molar refractivity (Wildman–Crippen MR) is 87.5 cm³/mol. The molecule has 5 heteroatoms. The molecular weight excluding hydrogens is 334 g/mol. The van der Waals surface area contributed by atoms with E-state index >= 15 is 0 Å². The van der Waals surface area contributed by atoms with Crippen LogP contribution in [0, 0.1) is 0 Å². The Kier molecular flexibility index (Phi) is 6.08. The highest BCUT2D eigenvalue weighted by Gasteiger charge is 2.27. The summed E-state index contributed by atoms with van der Waals surface area (Å²) in [7, 11) is 0. The van der Waals surface area contributed by atoms with Gasteiger partial charge < -0.3 is 14.7 Å². The van der Waals surface area contributed by atoms with Crippen molar-refractivity contribution >= 4 is 22.0 Å². The first-order chi connectivity index (χ1) is 9.78. The minimum absolute atomic E-state index is 0.294. The zero-order valence-electron chi connectivity index (χ0n) is 13.4. The number of halogens is 1. The van der Waals surface area contributed by atoms with Crippen LogP contribution >= 0.6 is 15.9 Å². The number of benzene rings is 1. The number of fused-ring (bicyclic) bond motifs is 1. The highest BCUT2D eigenvalue weighted by atomic mass is 79.9. The van der Waals surface area contributed by atoms with Crippen molar-refractivity contribution in [2.45, 2.75) is 53.2 Å². The van der Waals surface area contributed by atoms with Gasteiger partial charge in [-0.15, -0.1) is 0 Å². The molecule has 1 aliphatic heterocycles. The third-order valence-corrected chi connectivity index (χ3v) is 3.72. The lowest BCUT2D eigenvalue weighted by molar-refractivity contribution is 0.0222. The van der Waals surface area contributed by atoms with Crippen molar-refractivity contribution in [3.05, 3.63) is 27.7 Å². The Hall–Kier alpha value is -1.23. The van der Waals surface area contributed by atoms with Crippen molar-refractivity contribution in [1.29, 1.82) is 0 Å². The molecule has 1 N–H and O–H groups in total. The number of aromatic hydroxyl groups is 1. The van der Waals surface area contributed by atoms with Gasteiger partial charge in [-0.2, -0.15) is 0 Å². The van der Waals surface area contributed by atoms with Crippen LogP contribution in [0.2, 0.25) is 0 Å². The first-order valence-electron chi connectivity index (χ1n) is 7.25. The molecule has 0 radical (unpaired) electrons. The van der Waals surface area contributed by atoms with E-state index < -0.39 is 5.60 Å². The monoisotopic (exact) mass is 357 g/mol. The maximum atomic E-state index is 12.0. The molecule has 0 saturated heterocycles. The average molecular weight is 358 g/mol. The van der Waals surface area contributed by atoms with Gasteiger partial charge in [-0.05, 0) is 44.9 Å². The number of hydrogen-bond donors (Lipinski definition) is 1. The van der Waals surface area contributed by atoms with Crippen molar-refractivity contribution < 1.29 is 14.6 Å². The molecule has 0 fully saturated rings. The van der Waals surface area contributed by atoms with Crippen molar-refractivity contribution in [1.82, 2.24) is 4.90 Å². The van der Waals surface area contributed by atoms with Crippen LogP contribution < -0.4 is 0 Å². The summed E-state index contributed by atoms with van der Waals surface area (Å²) in [6.07, 6.45) is 0.327. The first-order valence-corrected chi connectivity index (χ1v) is 8.04. The van der Waals surface area contributed by atoms with Crippen LogP contribution in [0.25, 0.3) is 0 Å². The second kappa shape index (κ2) is 7.16. The summed E-state index contributed by atoms with van der Waals surface area (Å²) in [5.41, 5.74) is 1.37. The molecule has 1 aromatic carbocycles. The van der Waals surface area contributed by atoms with Gasteiger partial charge in [0.25, 0.3) is 0 Å². The third kappa shape index (κ3) is 4.63. The number of phenols is 1. The summed E-state index contributed by atoms with van der Waals surface area (Å²) in [5.74, 6) is 0.294. The van der Waals surface area contributed by atoms with E-state index in [0.717, 1.165) is 15.6 Å². The third-order valence-electron chi connectivity index (χ3n) is 2.98. The van der Waals surface area contributed by atoms with Crippen LogP contribution in [-0.4, -0.2) is 28.2 Å². The Morgan fingerprint density at radius 1 is 1.29 bits per heavy atom. The SMILES string of the molecule is CC.CC(C)(C)OC(=O)N1CCc2c(O)ccc(Br)c2C1. The Morgan fingerprint density at radius 2 is 1.90 bits per heavy atom. The molecule has 2 rings (SSSR count). The van der Waals surface area contributed by atoms with E-state index in [0.29, 0.717) is 25.3 Å². The Bertz CT molecular complexity index is 509. The molecule has 0 spiro atoms. The van der Waals surface area contributed by atoms with Crippen molar-refractivity contribution in [3.8, 4) is 5.75 Å². The van der Waals surface area contributed by atoms with Gasteiger partial charge in [0.15, 0.2) is 0 Å². The molecule has 1 heterocycles. The molecule has 0 unspecified atom stereocenters. The minimum Gasteiger partial charge on any atom is -0.508 e. The predicted octanol–water partition coefficient (Wildman–Crippen LogP) is 4.47. The largest absolute Gasteiger partial charge is 0.508 e. The molecule has 0 aromatic heterocycles. The minimum atomic E-state index is -0.493. The quantitative estimate of drug-likeness (QED) is 0.744. The highest BCUT2D eigenvalue weighted by molar-refractivity contribution is 9.10. The zero-order valence-corrected chi connectivity index (χ0v) is 15.0. The summed E-state index contributed by atoms with van der Waals surface area (Å²) in [6.45, 7) is 10.6. The molecule has 21 heavy (non-hydrogen) atoms. The maximum Gasteiger partial charge on any atom is 0.410 e. The molecule has 1 aromatic rings. The van der Waals surface area contributed by atoms with Crippen molar-refractivity contribution in [2.24, 2.45) is 0 Å². The summed E-state index contributed by atoms with van der Waals surface area (Å²) in [6, 6.07) is 3.47. The van der Waals surface area contributed by atoms with Crippen molar-refractivity contribution in [2.75, 3.05) is 6.54 Å². The molecule has 1 aliphatic rings. The summed E-state index contributed by atoms with van der Waals surface area (Å²) in [5, 5.41) is 9.84. The summed E-state index contributed by atoms with van der Waals surface area (Å²) in [4.78, 5) is 13.7. The fraction of sp³-hybridized carbons (Fsp3) is 0.562. The lowest BCUT2D eigenvalue weighted by atomic mass is 9.99. The van der Waals surface area contributed by atoms with Gasteiger partial charge in [0, 0.05) is 16.6 Å². The van der Waals surface area contributed by atoms with Crippen molar-refractivity contribution in [3.63, 3.8) is 0 Å². The molecular formula is C16H24BrNO3. The van der Waals surface area contributed by atoms with Crippen LogP contribution in [0.1, 0.15) is 45.7 Å². The number of amides is 1. The topological polar surface area (TPSA) is 49.8 Å². The standard InChI is InChI=1S/C14H18BrNO3.C2H6/c1-14(2,3)19-13(18)16-7-6-9-10(8-16)11(15)4-5-12(9)17;1-2/h4-5,17H,6-8H2,1-3H3;1-2H3. The fourth-order valence-corrected chi connectivity index (χ4v) is 2.60. The van der Waals surface area contributed by atoms with Crippen LogP contribution in [0.4, 0.5) is 4.79 Å². The zero-order chi connectivity index (χ0) is 16.2. The van der Waals surface area contributed by atoms with Gasteiger partial charge >= 0.3 is 6.09 Å². The lowest BCUT2D eigenvalue weighted by Gasteiger charge is -2.31. The smallest absolute Gasteiger partial charge is 0.410 e. The normalized spacial score (nSPS) is 13.9. The number of carbonyl (C=O) groups is 1. The van der Waals surface area contributed by atoms with E-state index in [1.807, 2.05) is 34.6 Å². The second-order valence-electron chi connectivity index (χ2n) is 5.68. The fourth-order valence-electron chi connectivity index (χ4n) is 2.10. The number of carbonyl (C=O) groups excluding carboxylic acids is 1. The maximum absolute atomic E-state index is 12.0. The van der Waals surface area contributed by atoms with Gasteiger partial charge in [0.05, 0.1) is 6.54 Å². The summed E-state index contributed by atoms with van der Waals surface area (Å²) >= 11 is 3.46. The van der Waals surface area contributed by atoms with Gasteiger partial charge in [-0.1, -0.05) is 29.8 Å². The van der Waals surface area contributed by atoms with E-state index in [1.165, 1.54) is 0 Å². The Balaban J connectivity index is 0.00000106. The van der Waals surface area contributed by atoms with Crippen LogP contribution in [0.5, 0.6) is 5.75 Å². The highest BCUT2D eigenvalue weighted by Crippen LogP contribution is 2.33. The van der Waals surface area contributed by atoms with Crippen LogP contribution in [-0.2, 0) is 17.7 Å². The molecule has 0 atom stereocenters. The van der Waals surface area contributed by atoms with Gasteiger partial charge in [0.1, 0.15) is 11.4 Å². The van der Waals surface area contributed by atoms with E-state index in [-0.39, 0.29) is 6.09 Å².